The van der Waals surface area contributed by atoms with E-state index in [4.69, 9.17) is 0 Å². The summed E-state index contributed by atoms with van der Waals surface area (Å²) in [4.78, 5) is 11.9. The molecular weight excluding hydrogens is 268 g/mol. The molecule has 2 amide bonds. The third-order valence-electron chi connectivity index (χ3n) is 3.71. The molecule has 1 aromatic heterocycles. The number of rotatable bonds is 6. The van der Waals surface area contributed by atoms with Gasteiger partial charge in [0.15, 0.2) is 0 Å². The second-order valence-electron chi connectivity index (χ2n) is 6.67. The maximum absolute atomic E-state index is 11.9. The number of carbonyl (C=O) groups excluding carboxylic acids is 1. The summed E-state index contributed by atoms with van der Waals surface area (Å²) in [7, 11) is 1.84. The smallest absolute Gasteiger partial charge is 0.315 e. The van der Waals surface area contributed by atoms with Crippen molar-refractivity contribution < 1.29 is 9.90 Å². The van der Waals surface area contributed by atoms with Gasteiger partial charge in [-0.15, -0.1) is 0 Å². The van der Waals surface area contributed by atoms with Crippen LogP contribution in [0, 0.1) is 11.3 Å². The number of aryl methyl sites for hydroxylation is 1. The maximum Gasteiger partial charge on any atom is 0.315 e. The molecular formula is C15H28N4O2. The monoisotopic (exact) mass is 296 g/mol. The fourth-order valence-corrected chi connectivity index (χ4v) is 2.31. The molecule has 0 spiro atoms. The van der Waals surface area contributed by atoms with Gasteiger partial charge in [0, 0.05) is 30.8 Å². The summed E-state index contributed by atoms with van der Waals surface area (Å²) < 4.78 is 1.70. The molecule has 6 heteroatoms. The molecule has 0 fully saturated rings. The quantitative estimate of drug-likeness (QED) is 0.749. The molecule has 2 unspecified atom stereocenters. The summed E-state index contributed by atoms with van der Waals surface area (Å²) in [5.74, 6) is 0.152. The van der Waals surface area contributed by atoms with Gasteiger partial charge in [0.2, 0.25) is 0 Å². The highest BCUT2D eigenvalue weighted by Gasteiger charge is 2.30. The Morgan fingerprint density at radius 2 is 2.05 bits per heavy atom. The van der Waals surface area contributed by atoms with E-state index in [1.807, 2.05) is 47.9 Å². The lowest BCUT2D eigenvalue weighted by Crippen LogP contribution is -2.46. The normalized spacial score (nSPS) is 14.9. The van der Waals surface area contributed by atoms with Gasteiger partial charge >= 0.3 is 6.03 Å². The van der Waals surface area contributed by atoms with Crippen LogP contribution in [0.15, 0.2) is 12.4 Å². The molecule has 0 aliphatic carbocycles. The number of aliphatic hydroxyl groups excluding tert-OH is 1. The van der Waals surface area contributed by atoms with E-state index in [-0.39, 0.29) is 23.4 Å². The van der Waals surface area contributed by atoms with E-state index in [1.165, 1.54) is 0 Å². The molecule has 1 heterocycles. The largest absolute Gasteiger partial charge is 0.392 e. The first kappa shape index (κ1) is 17.5. The zero-order valence-electron chi connectivity index (χ0n) is 13.8. The molecule has 120 valence electrons. The molecule has 0 radical (unpaired) electrons. The van der Waals surface area contributed by atoms with E-state index in [0.717, 1.165) is 5.56 Å². The fourth-order valence-electron chi connectivity index (χ4n) is 2.31. The van der Waals surface area contributed by atoms with Crippen molar-refractivity contribution in [3.05, 3.63) is 18.0 Å². The third-order valence-corrected chi connectivity index (χ3v) is 3.71. The van der Waals surface area contributed by atoms with Crippen molar-refractivity contribution in [2.45, 2.75) is 46.8 Å². The standard InChI is InChI=1S/C15H28N4O2/c1-10(2)13(20)15(4,5)9-16-14(21)18-11(3)12-7-17-19(6)8-12/h7-8,10-11,13,20H,9H2,1-6H3,(H2,16,18,21). The van der Waals surface area contributed by atoms with Gasteiger partial charge in [-0.25, -0.2) is 4.79 Å². The van der Waals surface area contributed by atoms with Crippen LogP contribution in [0.1, 0.15) is 46.2 Å². The highest BCUT2D eigenvalue weighted by Crippen LogP contribution is 2.25. The molecule has 0 aliphatic heterocycles. The molecule has 0 aliphatic rings. The van der Waals surface area contributed by atoms with Crippen LogP contribution < -0.4 is 10.6 Å². The van der Waals surface area contributed by atoms with E-state index in [1.54, 1.807) is 10.9 Å². The van der Waals surface area contributed by atoms with Crippen molar-refractivity contribution >= 4 is 6.03 Å². The van der Waals surface area contributed by atoms with E-state index >= 15 is 0 Å². The lowest BCUT2D eigenvalue weighted by atomic mass is 9.81. The number of nitrogens with one attached hydrogen (secondary N) is 2. The lowest BCUT2D eigenvalue weighted by Gasteiger charge is -2.33. The molecule has 3 N–H and O–H groups in total. The van der Waals surface area contributed by atoms with Crippen LogP contribution in [0.25, 0.3) is 0 Å². The highest BCUT2D eigenvalue weighted by atomic mass is 16.3. The van der Waals surface area contributed by atoms with E-state index in [0.29, 0.717) is 6.54 Å². The Labute approximate surface area is 126 Å². The summed E-state index contributed by atoms with van der Waals surface area (Å²) in [6.45, 7) is 10.2. The predicted molar refractivity (Wildman–Crippen MR) is 82.8 cm³/mol. The zero-order chi connectivity index (χ0) is 16.2. The Morgan fingerprint density at radius 1 is 1.43 bits per heavy atom. The topological polar surface area (TPSA) is 79.2 Å². The highest BCUT2D eigenvalue weighted by molar-refractivity contribution is 5.74. The SMILES string of the molecule is CC(NC(=O)NCC(C)(C)C(O)C(C)C)c1cnn(C)c1. The molecule has 0 bridgehead atoms. The number of hydrogen-bond acceptors (Lipinski definition) is 3. The molecule has 0 saturated heterocycles. The fraction of sp³-hybridized carbons (Fsp3) is 0.733. The van der Waals surface area contributed by atoms with E-state index in [9.17, 15) is 9.90 Å². The average molecular weight is 296 g/mol. The van der Waals surface area contributed by atoms with Gasteiger partial charge in [0.25, 0.3) is 0 Å². The van der Waals surface area contributed by atoms with E-state index < -0.39 is 6.10 Å². The third kappa shape index (κ3) is 5.04. The second kappa shape index (κ2) is 6.93. The first-order valence-electron chi connectivity index (χ1n) is 7.34. The summed E-state index contributed by atoms with van der Waals surface area (Å²) in [6.07, 6.45) is 3.14. The van der Waals surface area contributed by atoms with Crippen molar-refractivity contribution in [3.63, 3.8) is 0 Å². The maximum atomic E-state index is 11.9. The Kier molecular flexibility index (Phi) is 5.78. The van der Waals surface area contributed by atoms with Crippen molar-refractivity contribution in [2.75, 3.05) is 6.54 Å². The zero-order valence-corrected chi connectivity index (χ0v) is 13.8. The summed E-state index contributed by atoms with van der Waals surface area (Å²) in [6, 6.07) is -0.354. The molecule has 21 heavy (non-hydrogen) atoms. The molecule has 2 atom stereocenters. The number of urea groups is 1. The number of nitrogens with zero attached hydrogens (tertiary/aromatic N) is 2. The number of carbonyl (C=O) groups is 1. The molecule has 0 aromatic carbocycles. The first-order valence-corrected chi connectivity index (χ1v) is 7.34. The molecule has 0 saturated carbocycles. The van der Waals surface area contributed by atoms with Crippen molar-refractivity contribution in [1.29, 1.82) is 0 Å². The molecule has 1 rings (SSSR count). The lowest BCUT2D eigenvalue weighted by molar-refractivity contribution is 0.0151. The molecule has 1 aromatic rings. The van der Waals surface area contributed by atoms with Crippen molar-refractivity contribution in [3.8, 4) is 0 Å². The predicted octanol–water partition coefficient (Wildman–Crippen LogP) is 1.82. The van der Waals surface area contributed by atoms with Crippen LogP contribution in [0.3, 0.4) is 0 Å². The van der Waals surface area contributed by atoms with Gasteiger partial charge in [0.1, 0.15) is 0 Å². The average Bonchev–Trinajstić information content (AvgIpc) is 2.82. The number of amides is 2. The van der Waals surface area contributed by atoms with Gasteiger partial charge in [-0.05, 0) is 12.8 Å². The Morgan fingerprint density at radius 3 is 2.52 bits per heavy atom. The van der Waals surface area contributed by atoms with Crippen LogP contribution in [-0.4, -0.2) is 33.6 Å². The Balaban J connectivity index is 2.47. The van der Waals surface area contributed by atoms with Gasteiger partial charge in [-0.1, -0.05) is 27.7 Å². The minimum absolute atomic E-state index is 0.114. The number of aliphatic hydroxyl groups is 1. The summed E-state index contributed by atoms with van der Waals surface area (Å²) in [5.41, 5.74) is 0.581. The first-order chi connectivity index (χ1) is 9.63. The van der Waals surface area contributed by atoms with Gasteiger partial charge in [0.05, 0.1) is 18.3 Å². The number of aromatic nitrogens is 2. The van der Waals surface area contributed by atoms with Crippen LogP contribution in [0.2, 0.25) is 0 Å². The van der Waals surface area contributed by atoms with Crippen LogP contribution in [-0.2, 0) is 7.05 Å². The van der Waals surface area contributed by atoms with Gasteiger partial charge < -0.3 is 15.7 Å². The second-order valence-corrected chi connectivity index (χ2v) is 6.67. The van der Waals surface area contributed by atoms with Crippen molar-refractivity contribution in [2.24, 2.45) is 18.4 Å². The van der Waals surface area contributed by atoms with Gasteiger partial charge in [-0.3, -0.25) is 4.68 Å². The van der Waals surface area contributed by atoms with Crippen molar-refractivity contribution in [1.82, 2.24) is 20.4 Å². The molecule has 6 nitrogen and oxygen atoms in total. The Bertz CT molecular complexity index is 468. The van der Waals surface area contributed by atoms with Gasteiger partial charge in [-0.2, -0.15) is 5.10 Å². The summed E-state index contributed by atoms with van der Waals surface area (Å²) >= 11 is 0. The minimum Gasteiger partial charge on any atom is -0.392 e. The van der Waals surface area contributed by atoms with E-state index in [2.05, 4.69) is 15.7 Å². The van der Waals surface area contributed by atoms with Crippen LogP contribution >= 0.6 is 0 Å². The number of hydrogen-bond donors (Lipinski definition) is 3. The summed E-state index contributed by atoms with van der Waals surface area (Å²) in [5, 5.41) is 19.9. The Hall–Kier alpha value is -1.56. The minimum atomic E-state index is -0.464. The van der Waals surface area contributed by atoms with Crippen LogP contribution in [0.4, 0.5) is 4.79 Å². The van der Waals surface area contributed by atoms with Crippen LogP contribution in [0.5, 0.6) is 0 Å².